The Balaban J connectivity index is 2.89. The molecule has 0 fully saturated rings. The van der Waals surface area contributed by atoms with E-state index in [9.17, 15) is 10.1 Å². The minimum Gasteiger partial charge on any atom is -0.480 e. The normalized spacial score (nSPS) is 14.2. The van der Waals surface area contributed by atoms with Crippen LogP contribution in [0.2, 0.25) is 0 Å². The van der Waals surface area contributed by atoms with E-state index in [1.807, 2.05) is 30.3 Å². The number of primary amides is 1. The Bertz CT molecular complexity index is 866. The number of halogens is 1. The number of carbonyl (C=O) groups excluding carboxylic acids is 1. The zero-order valence-corrected chi connectivity index (χ0v) is 15.6. The third-order valence-corrected chi connectivity index (χ3v) is 4.64. The second kappa shape index (κ2) is 7.04. The number of nitrogens with zero attached hydrogens (tertiary/aromatic N) is 4. The highest BCUT2D eigenvalue weighted by Crippen LogP contribution is 2.40. The number of nitriles is 1. The third-order valence-electron chi connectivity index (χ3n) is 4.15. The van der Waals surface area contributed by atoms with Crippen LogP contribution in [0.1, 0.15) is 12.5 Å². The number of amides is 1. The van der Waals surface area contributed by atoms with E-state index in [-0.39, 0.29) is 27.7 Å². The lowest BCUT2D eigenvalue weighted by Crippen LogP contribution is -2.54. The average molecular weight is 406 g/mol. The molecule has 0 aliphatic rings. The van der Waals surface area contributed by atoms with Crippen LogP contribution in [0.4, 0.5) is 17.5 Å². The molecule has 2 atom stereocenters. The molecule has 2 rings (SSSR count). The van der Waals surface area contributed by atoms with Gasteiger partial charge in [-0.05, 0) is 19.1 Å². The molecule has 2 aromatic rings. The maximum absolute atomic E-state index is 12.0. The van der Waals surface area contributed by atoms with Crippen molar-refractivity contribution in [3.63, 3.8) is 0 Å². The quantitative estimate of drug-likeness (QED) is 0.730. The van der Waals surface area contributed by atoms with Crippen LogP contribution in [0, 0.1) is 11.3 Å². The maximum Gasteiger partial charge on any atom is 0.276 e. The van der Waals surface area contributed by atoms with Gasteiger partial charge in [0, 0.05) is 10.5 Å². The summed E-state index contributed by atoms with van der Waals surface area (Å²) in [4.78, 5) is 20.2. The number of carbonyl (C=O) groups is 1. The van der Waals surface area contributed by atoms with Gasteiger partial charge in [-0.15, -0.1) is 0 Å². The van der Waals surface area contributed by atoms with Crippen molar-refractivity contribution in [2.75, 3.05) is 19.9 Å². The molecular weight excluding hydrogens is 388 g/mol. The van der Waals surface area contributed by atoms with Crippen LogP contribution in [-0.2, 0) is 4.79 Å². The predicted octanol–water partition coefficient (Wildman–Crippen LogP) is 1.84. The van der Waals surface area contributed by atoms with Gasteiger partial charge in [0.05, 0.1) is 14.2 Å². The molecule has 25 heavy (non-hydrogen) atoms. The SMILES string of the molecule is COc1nc(N)nc([N+](C)(c2cccc(Br)c2)[C@@H](C)C(N)=O)c1C#N. The Morgan fingerprint density at radius 2 is 2.12 bits per heavy atom. The fourth-order valence-corrected chi connectivity index (χ4v) is 2.96. The van der Waals surface area contributed by atoms with Gasteiger partial charge in [-0.3, -0.25) is 4.79 Å². The molecule has 1 amide bonds. The van der Waals surface area contributed by atoms with Gasteiger partial charge in [-0.1, -0.05) is 22.0 Å². The molecule has 0 aliphatic heterocycles. The molecule has 9 heteroatoms. The Morgan fingerprint density at radius 1 is 1.44 bits per heavy atom. The van der Waals surface area contributed by atoms with E-state index in [1.165, 1.54) is 7.11 Å². The fourth-order valence-electron chi connectivity index (χ4n) is 2.58. The molecule has 0 radical (unpaired) electrons. The number of ether oxygens (including phenoxy) is 1. The molecule has 4 N–H and O–H groups in total. The van der Waals surface area contributed by atoms with Crippen LogP contribution in [0.15, 0.2) is 28.7 Å². The summed E-state index contributed by atoms with van der Waals surface area (Å²) in [5.41, 5.74) is 12.2. The standard InChI is InChI=1S/C16H17BrN6O2/c1-9(13(19)24)23(2,11-6-4-5-10(17)7-11)14-12(8-18)15(25-3)22-16(20)21-14/h4-7,9H,1-3H3,(H3-,19,20,21,22,24)/p+1/t9-,23?/m0/s1. The first kappa shape index (κ1) is 18.6. The first-order valence-electron chi connectivity index (χ1n) is 7.29. The first-order chi connectivity index (χ1) is 11.7. The number of quaternary nitrogens is 1. The lowest BCUT2D eigenvalue weighted by atomic mass is 10.1. The number of rotatable bonds is 5. The molecule has 1 aromatic carbocycles. The van der Waals surface area contributed by atoms with Crippen molar-refractivity contribution < 1.29 is 9.53 Å². The van der Waals surface area contributed by atoms with E-state index in [2.05, 4.69) is 25.9 Å². The zero-order chi connectivity index (χ0) is 18.8. The molecule has 1 aromatic heterocycles. The number of methoxy groups -OCH3 is 1. The van der Waals surface area contributed by atoms with Crippen molar-refractivity contribution in [2.24, 2.45) is 5.73 Å². The molecule has 0 aliphatic carbocycles. The molecule has 1 heterocycles. The van der Waals surface area contributed by atoms with Crippen molar-refractivity contribution >= 4 is 39.3 Å². The lowest BCUT2D eigenvalue weighted by molar-refractivity contribution is -0.121. The summed E-state index contributed by atoms with van der Waals surface area (Å²) in [6.45, 7) is 1.66. The number of nitrogen functional groups attached to an aromatic ring is 1. The van der Waals surface area contributed by atoms with E-state index in [1.54, 1.807) is 14.0 Å². The Hall–Kier alpha value is -2.70. The molecule has 0 spiro atoms. The summed E-state index contributed by atoms with van der Waals surface area (Å²) < 4.78 is 5.80. The number of anilines is 1. The topological polar surface area (TPSA) is 128 Å². The molecule has 8 nitrogen and oxygen atoms in total. The van der Waals surface area contributed by atoms with Crippen molar-refractivity contribution in [1.29, 1.82) is 5.26 Å². The van der Waals surface area contributed by atoms with Crippen LogP contribution in [0.25, 0.3) is 0 Å². The van der Waals surface area contributed by atoms with Crippen LogP contribution >= 0.6 is 15.9 Å². The second-order valence-electron chi connectivity index (χ2n) is 5.54. The van der Waals surface area contributed by atoms with Gasteiger partial charge in [0.25, 0.3) is 11.7 Å². The highest BCUT2D eigenvalue weighted by molar-refractivity contribution is 9.10. The van der Waals surface area contributed by atoms with Gasteiger partial charge in [0.15, 0.2) is 11.6 Å². The minimum atomic E-state index is -0.736. The number of hydrogen-bond donors (Lipinski definition) is 2. The van der Waals surface area contributed by atoms with Crippen LogP contribution < -0.4 is 20.7 Å². The Kier molecular flexibility index (Phi) is 5.25. The molecule has 0 bridgehead atoms. The van der Waals surface area contributed by atoms with Gasteiger partial charge < -0.3 is 16.2 Å². The molecule has 1 unspecified atom stereocenters. The highest BCUT2D eigenvalue weighted by atomic mass is 79.9. The van der Waals surface area contributed by atoms with Crippen LogP contribution in [0.5, 0.6) is 5.88 Å². The molecule has 130 valence electrons. The fraction of sp³-hybridized carbons (Fsp3) is 0.250. The van der Waals surface area contributed by atoms with E-state index >= 15 is 0 Å². The van der Waals surface area contributed by atoms with Crippen LogP contribution in [-0.4, -0.2) is 36.1 Å². The third kappa shape index (κ3) is 3.26. The predicted molar refractivity (Wildman–Crippen MR) is 97.9 cm³/mol. The van der Waals surface area contributed by atoms with Crippen LogP contribution in [0.3, 0.4) is 0 Å². The average Bonchev–Trinajstić information content (AvgIpc) is 2.59. The largest absolute Gasteiger partial charge is 0.480 e. The Labute approximate surface area is 153 Å². The number of benzene rings is 1. The van der Waals surface area contributed by atoms with E-state index in [0.29, 0.717) is 5.69 Å². The minimum absolute atomic E-state index is 0.0426. The van der Waals surface area contributed by atoms with Gasteiger partial charge in [-0.2, -0.15) is 15.2 Å². The zero-order valence-electron chi connectivity index (χ0n) is 14.0. The Morgan fingerprint density at radius 3 is 2.64 bits per heavy atom. The van der Waals surface area contributed by atoms with Crippen molar-refractivity contribution in [2.45, 2.75) is 13.0 Å². The molecule has 0 saturated carbocycles. The number of aromatic nitrogens is 2. The number of hydrogen-bond acceptors (Lipinski definition) is 6. The second-order valence-corrected chi connectivity index (χ2v) is 6.45. The summed E-state index contributed by atoms with van der Waals surface area (Å²) in [5, 5.41) is 9.62. The van der Waals surface area contributed by atoms with Crippen molar-refractivity contribution in [1.82, 2.24) is 14.5 Å². The summed E-state index contributed by atoms with van der Waals surface area (Å²) in [6, 6.07) is 8.61. The van der Waals surface area contributed by atoms with Gasteiger partial charge >= 0.3 is 0 Å². The monoisotopic (exact) mass is 405 g/mol. The number of likely N-dealkylation sites (N-methyl/N-ethyl adjacent to an activating group) is 1. The summed E-state index contributed by atoms with van der Waals surface area (Å²) in [5.74, 6) is -0.346. The van der Waals surface area contributed by atoms with Gasteiger partial charge in [0.1, 0.15) is 11.8 Å². The maximum atomic E-state index is 12.0. The van der Waals surface area contributed by atoms with Crippen molar-refractivity contribution in [3.05, 3.63) is 34.3 Å². The first-order valence-corrected chi connectivity index (χ1v) is 8.08. The van der Waals surface area contributed by atoms with Gasteiger partial charge in [0.2, 0.25) is 11.8 Å². The van der Waals surface area contributed by atoms with E-state index in [0.717, 1.165) is 4.47 Å². The smallest absolute Gasteiger partial charge is 0.276 e. The summed E-state index contributed by atoms with van der Waals surface area (Å²) in [6.07, 6.45) is 0. The summed E-state index contributed by atoms with van der Waals surface area (Å²) in [7, 11) is 3.12. The van der Waals surface area contributed by atoms with E-state index < -0.39 is 11.9 Å². The molecular formula is C16H18BrN6O2+. The van der Waals surface area contributed by atoms with Crippen molar-refractivity contribution in [3.8, 4) is 11.9 Å². The summed E-state index contributed by atoms with van der Waals surface area (Å²) >= 11 is 3.42. The van der Waals surface area contributed by atoms with Gasteiger partial charge in [-0.25, -0.2) is 4.48 Å². The highest BCUT2D eigenvalue weighted by Gasteiger charge is 2.43. The number of nitrogens with two attached hydrogens (primary N) is 2. The lowest BCUT2D eigenvalue weighted by Gasteiger charge is -2.36. The van der Waals surface area contributed by atoms with E-state index in [4.69, 9.17) is 16.2 Å². The molecule has 0 saturated heterocycles.